The van der Waals surface area contributed by atoms with Crippen molar-refractivity contribution in [1.82, 2.24) is 0 Å². The lowest BCUT2D eigenvalue weighted by Crippen LogP contribution is -2.41. The number of carbonyl (C=O) groups is 1. The molecule has 14 nitrogen and oxygen atoms in total. The minimum atomic E-state index is -1.70. The van der Waals surface area contributed by atoms with E-state index in [1.165, 1.54) is 0 Å². The molecule has 0 spiro atoms. The average Bonchev–Trinajstić information content (AvgIpc) is 3.05. The molecule has 0 aromatic heterocycles. The molecule has 0 amide bonds. The molecule has 0 N–H and O–H groups in total. The molecule has 0 aliphatic carbocycles. The average molecular weight is 729 g/mol. The van der Waals surface area contributed by atoms with Gasteiger partial charge in [0.25, 0.3) is 0 Å². The van der Waals surface area contributed by atoms with Gasteiger partial charge in [-0.2, -0.15) is 0 Å². The first-order valence-electron chi connectivity index (χ1n) is 17.4. The summed E-state index contributed by atoms with van der Waals surface area (Å²) in [5.74, 6) is -0.413. The second-order valence-corrected chi connectivity index (χ2v) is 17.1. The number of hydrogen-bond donors (Lipinski definition) is 0. The van der Waals surface area contributed by atoms with Gasteiger partial charge in [0.1, 0.15) is 6.61 Å². The highest BCUT2D eigenvalue weighted by Crippen LogP contribution is 2.36. The van der Waals surface area contributed by atoms with E-state index in [0.29, 0.717) is 158 Å². The highest BCUT2D eigenvalue weighted by Gasteiger charge is 2.36. The Labute approximate surface area is 296 Å². The number of carbonyl (C=O) groups excluding carboxylic acids is 1. The monoisotopic (exact) mass is 728 g/mol. The van der Waals surface area contributed by atoms with Crippen molar-refractivity contribution in [3.63, 3.8) is 0 Å². The summed E-state index contributed by atoms with van der Waals surface area (Å²) < 4.78 is 71.2. The molecule has 0 aromatic rings. The van der Waals surface area contributed by atoms with Crippen LogP contribution in [0.5, 0.6) is 0 Å². The van der Waals surface area contributed by atoms with Crippen molar-refractivity contribution in [3.8, 4) is 0 Å². The third-order valence-corrected chi connectivity index (χ3v) is 11.6. The molecule has 0 atom stereocenters. The van der Waals surface area contributed by atoms with Crippen LogP contribution in [0.25, 0.3) is 0 Å². The zero-order valence-electron chi connectivity index (χ0n) is 31.4. The Bertz CT molecular complexity index is 751. The Hall–Kier alpha value is -1.05. The first kappa shape index (κ1) is 47.9. The predicted octanol–water partition coefficient (Wildman–Crippen LogP) is 3.31. The third kappa shape index (κ3) is 33.8. The fourth-order valence-corrected chi connectivity index (χ4v) is 4.22. The van der Waals surface area contributed by atoms with Gasteiger partial charge < -0.3 is 61.3 Å². The second-order valence-electron chi connectivity index (χ2n) is 12.3. The van der Waals surface area contributed by atoms with E-state index in [1.807, 2.05) is 0 Å². The largest absolute Gasteiger partial charge is 0.460 e. The van der Waals surface area contributed by atoms with Gasteiger partial charge in [-0.15, -0.1) is 0 Å². The van der Waals surface area contributed by atoms with Crippen LogP contribution in [-0.4, -0.2) is 173 Å². The molecule has 0 aliphatic heterocycles. The lowest BCUT2D eigenvalue weighted by molar-refractivity contribution is -0.140. The van der Waals surface area contributed by atoms with Gasteiger partial charge in [0.15, 0.2) is 8.32 Å². The molecular weight excluding hydrogens is 660 g/mol. The molecule has 0 unspecified atom stereocenters. The minimum Gasteiger partial charge on any atom is -0.460 e. The topological polar surface area (TPSA) is 137 Å². The van der Waals surface area contributed by atoms with Gasteiger partial charge in [0.05, 0.1) is 152 Å². The van der Waals surface area contributed by atoms with Crippen molar-refractivity contribution in [2.75, 3.05) is 159 Å². The van der Waals surface area contributed by atoms with E-state index in [0.717, 1.165) is 0 Å². The first-order chi connectivity index (χ1) is 23.6. The molecule has 0 radical (unpaired) electrons. The van der Waals surface area contributed by atoms with Gasteiger partial charge in [0, 0.05) is 5.57 Å². The maximum absolute atomic E-state index is 11.2. The van der Waals surface area contributed by atoms with Crippen LogP contribution in [0.2, 0.25) is 18.1 Å². The normalized spacial score (nSPS) is 12.1. The van der Waals surface area contributed by atoms with E-state index in [4.69, 9.17) is 61.3 Å². The summed E-state index contributed by atoms with van der Waals surface area (Å²) in [4.78, 5) is 11.2. The summed E-state index contributed by atoms with van der Waals surface area (Å²) in [6.45, 7) is 28.0. The summed E-state index contributed by atoms with van der Waals surface area (Å²) in [6.07, 6.45) is 0. The number of rotatable bonds is 38. The summed E-state index contributed by atoms with van der Waals surface area (Å²) in [5.41, 5.74) is 0.370. The molecule has 0 saturated heterocycles. The van der Waals surface area contributed by atoms with Gasteiger partial charge in [-0.1, -0.05) is 27.4 Å². The van der Waals surface area contributed by atoms with Crippen LogP contribution < -0.4 is 0 Å². The van der Waals surface area contributed by atoms with E-state index in [2.05, 4.69) is 40.4 Å². The molecule has 0 bridgehead atoms. The van der Waals surface area contributed by atoms with Crippen LogP contribution in [0, 0.1) is 0 Å². The van der Waals surface area contributed by atoms with E-state index in [1.54, 1.807) is 6.92 Å². The summed E-state index contributed by atoms with van der Waals surface area (Å²) in [6, 6.07) is 0. The Morgan fingerprint density at radius 3 is 0.837 bits per heavy atom. The third-order valence-electron chi connectivity index (χ3n) is 7.03. The standard InChI is InChI=1S/C34H68O14Si/c1-32(2)33(35)47-30-28-45-26-24-43-22-20-41-18-16-39-14-12-37-10-8-36-9-11-38-13-15-40-17-19-42-21-23-44-25-27-46-29-31-48-49(6,7)34(3,4)5/h1,8-31H2,2-7H3. The number of hydrogen-bond acceptors (Lipinski definition) is 14. The fourth-order valence-electron chi connectivity index (χ4n) is 3.19. The van der Waals surface area contributed by atoms with Crippen LogP contribution in [0.4, 0.5) is 0 Å². The molecule has 0 heterocycles. The van der Waals surface area contributed by atoms with E-state index in [9.17, 15) is 4.79 Å². The van der Waals surface area contributed by atoms with Crippen LogP contribution >= 0.6 is 0 Å². The Morgan fingerprint density at radius 2 is 0.633 bits per heavy atom. The molecule has 0 aromatic carbocycles. The van der Waals surface area contributed by atoms with Crippen LogP contribution in [0.15, 0.2) is 12.2 Å². The predicted molar refractivity (Wildman–Crippen MR) is 188 cm³/mol. The molecule has 0 rings (SSSR count). The summed E-state index contributed by atoms with van der Waals surface area (Å²) in [5, 5.41) is 0.213. The van der Waals surface area contributed by atoms with E-state index < -0.39 is 14.3 Å². The van der Waals surface area contributed by atoms with E-state index >= 15 is 0 Å². The molecule has 292 valence electrons. The highest BCUT2D eigenvalue weighted by atomic mass is 28.4. The van der Waals surface area contributed by atoms with Crippen molar-refractivity contribution < 1.29 is 66.1 Å². The van der Waals surface area contributed by atoms with Gasteiger partial charge >= 0.3 is 5.97 Å². The van der Waals surface area contributed by atoms with Gasteiger partial charge in [-0.05, 0) is 25.1 Å². The second kappa shape index (κ2) is 34.1. The Morgan fingerprint density at radius 1 is 0.429 bits per heavy atom. The van der Waals surface area contributed by atoms with Gasteiger partial charge in [-0.25, -0.2) is 4.79 Å². The van der Waals surface area contributed by atoms with Crippen LogP contribution in [-0.2, 0) is 66.1 Å². The van der Waals surface area contributed by atoms with Crippen molar-refractivity contribution >= 4 is 14.3 Å². The maximum atomic E-state index is 11.2. The van der Waals surface area contributed by atoms with Gasteiger partial charge in [0.2, 0.25) is 0 Å². The van der Waals surface area contributed by atoms with Crippen LogP contribution in [0.3, 0.4) is 0 Å². The van der Waals surface area contributed by atoms with Crippen molar-refractivity contribution in [2.45, 2.75) is 45.8 Å². The number of ether oxygens (including phenoxy) is 12. The Balaban J connectivity index is 3.14. The zero-order valence-corrected chi connectivity index (χ0v) is 32.4. The summed E-state index contributed by atoms with van der Waals surface area (Å²) in [7, 11) is -1.70. The van der Waals surface area contributed by atoms with Crippen molar-refractivity contribution in [2.24, 2.45) is 0 Å². The van der Waals surface area contributed by atoms with E-state index in [-0.39, 0.29) is 11.6 Å². The molecule has 0 aliphatic rings. The lowest BCUT2D eigenvalue weighted by Gasteiger charge is -2.36. The molecular formula is C34H68O14Si. The van der Waals surface area contributed by atoms with Gasteiger partial charge in [-0.3, -0.25) is 0 Å². The molecule has 15 heteroatoms. The highest BCUT2D eigenvalue weighted by molar-refractivity contribution is 6.74. The Kier molecular flexibility index (Phi) is 33.3. The molecule has 0 fully saturated rings. The summed E-state index contributed by atoms with van der Waals surface area (Å²) >= 11 is 0. The minimum absolute atomic E-state index is 0.199. The zero-order chi connectivity index (χ0) is 36.3. The fraction of sp³-hybridized carbons (Fsp3) is 0.912. The maximum Gasteiger partial charge on any atom is 0.333 e. The van der Waals surface area contributed by atoms with Crippen molar-refractivity contribution in [1.29, 1.82) is 0 Å². The van der Waals surface area contributed by atoms with Crippen molar-refractivity contribution in [3.05, 3.63) is 12.2 Å². The SMILES string of the molecule is C=C(C)C(=O)OCCOCCOCCOCCOCCOCCOCCOCCOCCOCCOCCOCCO[Si](C)(C)C(C)(C)C. The number of esters is 1. The molecule has 0 saturated carbocycles. The quantitative estimate of drug-likeness (QED) is 0.0398. The molecule has 49 heavy (non-hydrogen) atoms. The van der Waals surface area contributed by atoms with Crippen LogP contribution in [0.1, 0.15) is 27.7 Å². The first-order valence-corrected chi connectivity index (χ1v) is 20.3. The smallest absolute Gasteiger partial charge is 0.333 e. The lowest BCUT2D eigenvalue weighted by atomic mass is 10.2.